The quantitative estimate of drug-likeness (QED) is 0.835. The molecule has 1 rings (SSSR count). The second kappa shape index (κ2) is 6.25. The van der Waals surface area contributed by atoms with Gasteiger partial charge in [-0.1, -0.05) is 6.07 Å². The Kier molecular flexibility index (Phi) is 4.97. The Morgan fingerprint density at radius 1 is 1.41 bits per heavy atom. The molecule has 5 heteroatoms. The van der Waals surface area contributed by atoms with Crippen LogP contribution in [0.2, 0.25) is 0 Å². The van der Waals surface area contributed by atoms with E-state index in [4.69, 9.17) is 11.6 Å². The number of carbonyl (C=O) groups excluding carboxylic acids is 2. The highest BCUT2D eigenvalue weighted by Crippen LogP contribution is 2.12. The zero-order chi connectivity index (χ0) is 12.8. The predicted molar refractivity (Wildman–Crippen MR) is 68.4 cm³/mol. The monoisotopic (exact) mass is 254 g/mol. The molecule has 0 saturated carbocycles. The third-order valence-corrected chi connectivity index (χ3v) is 2.58. The molecule has 4 nitrogen and oxygen atoms in total. The molecule has 0 aliphatic rings. The van der Waals surface area contributed by atoms with E-state index >= 15 is 0 Å². The van der Waals surface area contributed by atoms with Crippen LogP contribution in [0, 0.1) is 0 Å². The van der Waals surface area contributed by atoms with Gasteiger partial charge in [-0.15, -0.1) is 11.6 Å². The lowest BCUT2D eigenvalue weighted by molar-refractivity contribution is -0.113. The second-order valence-corrected chi connectivity index (χ2v) is 3.85. The molecule has 1 aromatic carbocycles. The number of hydrogen-bond acceptors (Lipinski definition) is 2. The fourth-order valence-corrected chi connectivity index (χ4v) is 1.36. The van der Waals surface area contributed by atoms with Gasteiger partial charge >= 0.3 is 0 Å². The van der Waals surface area contributed by atoms with Gasteiger partial charge in [-0.3, -0.25) is 9.59 Å². The molecule has 0 radical (unpaired) electrons. The van der Waals surface area contributed by atoms with Crippen molar-refractivity contribution in [2.24, 2.45) is 0 Å². The highest BCUT2D eigenvalue weighted by atomic mass is 35.5. The molecule has 1 aromatic rings. The first kappa shape index (κ1) is 13.5. The lowest BCUT2D eigenvalue weighted by Crippen LogP contribution is -2.26. The van der Waals surface area contributed by atoms with Gasteiger partial charge in [0.15, 0.2) is 0 Å². The third-order valence-electron chi connectivity index (χ3n) is 2.34. The van der Waals surface area contributed by atoms with Crippen LogP contribution in [0.25, 0.3) is 0 Å². The maximum atomic E-state index is 11.9. The van der Waals surface area contributed by atoms with Crippen LogP contribution in [-0.4, -0.2) is 36.2 Å². The van der Waals surface area contributed by atoms with Gasteiger partial charge in [-0.05, 0) is 25.1 Å². The predicted octanol–water partition coefficient (Wildman–Crippen LogP) is 1.96. The number of hydrogen-bond donors (Lipinski definition) is 1. The van der Waals surface area contributed by atoms with Gasteiger partial charge < -0.3 is 10.2 Å². The molecule has 0 aliphatic heterocycles. The lowest BCUT2D eigenvalue weighted by atomic mass is 10.2. The highest BCUT2D eigenvalue weighted by molar-refractivity contribution is 6.29. The highest BCUT2D eigenvalue weighted by Gasteiger charge is 2.10. The van der Waals surface area contributed by atoms with Crippen LogP contribution in [0.15, 0.2) is 24.3 Å². The van der Waals surface area contributed by atoms with Crippen molar-refractivity contribution in [1.82, 2.24) is 4.90 Å². The molecule has 0 fully saturated rings. The molecule has 1 N–H and O–H groups in total. The number of anilines is 1. The summed E-state index contributed by atoms with van der Waals surface area (Å²) in [6.45, 7) is 2.54. The fourth-order valence-electron chi connectivity index (χ4n) is 1.29. The molecule has 17 heavy (non-hydrogen) atoms. The molecule has 0 spiro atoms. The van der Waals surface area contributed by atoms with Gasteiger partial charge in [0.2, 0.25) is 5.91 Å². The van der Waals surface area contributed by atoms with Crippen molar-refractivity contribution in [3.8, 4) is 0 Å². The van der Waals surface area contributed by atoms with Crippen LogP contribution in [-0.2, 0) is 4.79 Å². The van der Waals surface area contributed by atoms with E-state index in [1.165, 1.54) is 0 Å². The van der Waals surface area contributed by atoms with E-state index in [1.807, 2.05) is 6.92 Å². The normalized spacial score (nSPS) is 9.82. The molecular formula is C12H15ClN2O2. The molecule has 92 valence electrons. The summed E-state index contributed by atoms with van der Waals surface area (Å²) in [7, 11) is 1.73. The minimum atomic E-state index is -0.292. The largest absolute Gasteiger partial charge is 0.342 e. The van der Waals surface area contributed by atoms with Crippen LogP contribution in [0.5, 0.6) is 0 Å². The molecule has 0 atom stereocenters. The van der Waals surface area contributed by atoms with Crippen molar-refractivity contribution >= 4 is 29.1 Å². The number of nitrogens with one attached hydrogen (secondary N) is 1. The van der Waals surface area contributed by atoms with Gasteiger partial charge in [0.05, 0.1) is 0 Å². The Balaban J connectivity index is 2.85. The summed E-state index contributed by atoms with van der Waals surface area (Å²) in [6.07, 6.45) is 0. The number of rotatable bonds is 4. The Morgan fingerprint density at radius 2 is 2.12 bits per heavy atom. The molecule has 0 saturated heterocycles. The fraction of sp³-hybridized carbons (Fsp3) is 0.333. The SMILES string of the molecule is CCN(C)C(=O)c1cccc(NC(=O)CCl)c1. The summed E-state index contributed by atoms with van der Waals surface area (Å²) in [5.74, 6) is -0.470. The van der Waals surface area contributed by atoms with Gasteiger partial charge in [0, 0.05) is 24.8 Å². The van der Waals surface area contributed by atoms with E-state index in [-0.39, 0.29) is 17.7 Å². The first-order valence-electron chi connectivity index (χ1n) is 5.29. The molecule has 0 aromatic heterocycles. The summed E-state index contributed by atoms with van der Waals surface area (Å²) in [5.41, 5.74) is 1.12. The molecular weight excluding hydrogens is 240 g/mol. The summed E-state index contributed by atoms with van der Waals surface area (Å²) < 4.78 is 0. The molecule has 0 unspecified atom stereocenters. The van der Waals surface area contributed by atoms with Crippen molar-refractivity contribution in [2.45, 2.75) is 6.92 Å². The number of alkyl halides is 1. The van der Waals surface area contributed by atoms with E-state index in [9.17, 15) is 9.59 Å². The van der Waals surface area contributed by atoms with Crippen LogP contribution >= 0.6 is 11.6 Å². The number of amides is 2. The van der Waals surface area contributed by atoms with Crippen molar-refractivity contribution in [2.75, 3.05) is 24.8 Å². The second-order valence-electron chi connectivity index (χ2n) is 3.58. The van der Waals surface area contributed by atoms with Crippen LogP contribution in [0.1, 0.15) is 17.3 Å². The van der Waals surface area contributed by atoms with Gasteiger partial charge in [-0.2, -0.15) is 0 Å². The summed E-state index contributed by atoms with van der Waals surface area (Å²) in [6, 6.07) is 6.79. The number of benzene rings is 1. The van der Waals surface area contributed by atoms with E-state index in [0.29, 0.717) is 17.8 Å². The standard InChI is InChI=1S/C12H15ClN2O2/c1-3-15(2)12(17)9-5-4-6-10(7-9)14-11(16)8-13/h4-7H,3,8H2,1-2H3,(H,14,16). The number of nitrogens with zero attached hydrogens (tertiary/aromatic N) is 1. The Hall–Kier alpha value is -1.55. The smallest absolute Gasteiger partial charge is 0.253 e. The van der Waals surface area contributed by atoms with Crippen LogP contribution in [0.3, 0.4) is 0 Å². The molecule has 0 aliphatic carbocycles. The Morgan fingerprint density at radius 3 is 2.71 bits per heavy atom. The number of halogens is 1. The Bertz CT molecular complexity index is 421. The number of carbonyl (C=O) groups is 2. The van der Waals surface area contributed by atoms with E-state index in [2.05, 4.69) is 5.32 Å². The van der Waals surface area contributed by atoms with E-state index in [0.717, 1.165) is 0 Å². The van der Waals surface area contributed by atoms with Crippen molar-refractivity contribution < 1.29 is 9.59 Å². The van der Waals surface area contributed by atoms with Gasteiger partial charge in [0.1, 0.15) is 5.88 Å². The first-order valence-corrected chi connectivity index (χ1v) is 5.83. The summed E-state index contributed by atoms with van der Waals surface area (Å²) >= 11 is 5.39. The lowest BCUT2D eigenvalue weighted by Gasteiger charge is -2.15. The van der Waals surface area contributed by atoms with Crippen LogP contribution < -0.4 is 5.32 Å². The van der Waals surface area contributed by atoms with Gasteiger partial charge in [0.25, 0.3) is 5.91 Å². The first-order chi connectivity index (χ1) is 8.08. The minimum Gasteiger partial charge on any atom is -0.342 e. The summed E-state index contributed by atoms with van der Waals surface area (Å²) in [4.78, 5) is 24.6. The minimum absolute atomic E-state index is 0.0746. The van der Waals surface area contributed by atoms with E-state index < -0.39 is 0 Å². The van der Waals surface area contributed by atoms with Crippen LogP contribution in [0.4, 0.5) is 5.69 Å². The topological polar surface area (TPSA) is 49.4 Å². The summed E-state index contributed by atoms with van der Waals surface area (Å²) in [5, 5.41) is 2.60. The van der Waals surface area contributed by atoms with Crippen molar-refractivity contribution in [1.29, 1.82) is 0 Å². The Labute approximate surface area is 106 Å². The zero-order valence-electron chi connectivity index (χ0n) is 9.87. The molecule has 0 heterocycles. The zero-order valence-corrected chi connectivity index (χ0v) is 10.6. The third kappa shape index (κ3) is 3.75. The van der Waals surface area contributed by atoms with E-state index in [1.54, 1.807) is 36.2 Å². The van der Waals surface area contributed by atoms with Crippen molar-refractivity contribution in [3.63, 3.8) is 0 Å². The maximum Gasteiger partial charge on any atom is 0.253 e. The molecule has 2 amide bonds. The molecule has 0 bridgehead atoms. The van der Waals surface area contributed by atoms with Gasteiger partial charge in [-0.25, -0.2) is 0 Å². The maximum absolute atomic E-state index is 11.9. The average Bonchev–Trinajstić information content (AvgIpc) is 2.37. The van der Waals surface area contributed by atoms with Crippen molar-refractivity contribution in [3.05, 3.63) is 29.8 Å². The average molecular weight is 255 g/mol.